The Morgan fingerprint density at radius 2 is 1.88 bits per heavy atom. The topological polar surface area (TPSA) is 140 Å². The number of urea groups is 1. The lowest BCUT2D eigenvalue weighted by Gasteiger charge is -2.37. The summed E-state index contributed by atoms with van der Waals surface area (Å²) in [6.45, 7) is 8.24. The summed E-state index contributed by atoms with van der Waals surface area (Å²) in [6.07, 6.45) is 1.75. The highest BCUT2D eigenvalue weighted by atomic mass is 16.2. The van der Waals surface area contributed by atoms with E-state index in [9.17, 15) is 19.6 Å². The third-order valence-corrected chi connectivity index (χ3v) is 6.57. The summed E-state index contributed by atoms with van der Waals surface area (Å²) >= 11 is 0. The molecule has 33 heavy (non-hydrogen) atoms. The maximum Gasteiger partial charge on any atom is 0.322 e. The fraction of sp³-hybridized carbons (Fsp3) is 0.478. The zero-order valence-corrected chi connectivity index (χ0v) is 18.8. The summed E-state index contributed by atoms with van der Waals surface area (Å²) in [5, 5.41) is 18.0. The molecule has 2 saturated heterocycles. The Balaban J connectivity index is 1.53. The number of rotatable bonds is 3. The first kappa shape index (κ1) is 21.3. The van der Waals surface area contributed by atoms with Crippen molar-refractivity contribution >= 4 is 34.6 Å². The van der Waals surface area contributed by atoms with E-state index in [1.807, 2.05) is 12.1 Å². The van der Waals surface area contributed by atoms with Gasteiger partial charge in [-0.2, -0.15) is 5.26 Å². The number of anilines is 1. The number of carbonyl (C=O) groups excluding carboxylic acids is 3. The van der Waals surface area contributed by atoms with Crippen LogP contribution in [0, 0.1) is 16.7 Å². The molecule has 2 aromatic rings. The van der Waals surface area contributed by atoms with E-state index in [1.54, 1.807) is 0 Å². The van der Waals surface area contributed by atoms with E-state index in [2.05, 4.69) is 51.6 Å². The minimum atomic E-state index is -0.830. The van der Waals surface area contributed by atoms with Crippen LogP contribution in [0.4, 0.5) is 10.6 Å². The van der Waals surface area contributed by atoms with Crippen LogP contribution in [0.3, 0.4) is 0 Å². The first-order chi connectivity index (χ1) is 15.6. The zero-order valence-electron chi connectivity index (χ0n) is 18.8. The van der Waals surface area contributed by atoms with E-state index in [-0.39, 0.29) is 23.1 Å². The highest BCUT2D eigenvalue weighted by Crippen LogP contribution is 2.38. The fourth-order valence-electron chi connectivity index (χ4n) is 5.00. The number of nitriles is 1. The smallest absolute Gasteiger partial charge is 0.322 e. The fourth-order valence-corrected chi connectivity index (χ4v) is 5.00. The highest BCUT2D eigenvalue weighted by Gasteiger charge is 2.47. The first-order valence-corrected chi connectivity index (χ1v) is 11.0. The van der Waals surface area contributed by atoms with Crippen LogP contribution in [-0.4, -0.2) is 51.3 Å². The quantitative estimate of drug-likeness (QED) is 0.610. The Morgan fingerprint density at radius 1 is 1.15 bits per heavy atom. The molecule has 5 rings (SSSR count). The lowest BCUT2D eigenvalue weighted by atomic mass is 9.83. The van der Waals surface area contributed by atoms with Crippen LogP contribution in [0.1, 0.15) is 60.9 Å². The van der Waals surface area contributed by atoms with Crippen LogP contribution in [0.2, 0.25) is 0 Å². The van der Waals surface area contributed by atoms with E-state index in [1.165, 1.54) is 0 Å². The van der Waals surface area contributed by atoms with Crippen molar-refractivity contribution in [1.29, 1.82) is 5.26 Å². The number of nitrogens with one attached hydrogen (secondary N) is 3. The second-order valence-corrected chi connectivity index (χ2v) is 10.3. The van der Waals surface area contributed by atoms with E-state index >= 15 is 0 Å². The molecule has 0 atom stereocenters. The lowest BCUT2D eigenvalue weighted by Crippen LogP contribution is -2.54. The second-order valence-electron chi connectivity index (χ2n) is 10.3. The summed E-state index contributed by atoms with van der Waals surface area (Å²) in [5.41, 5.74) is 2.27. The minimum Gasteiger partial charge on any atom is -0.323 e. The van der Waals surface area contributed by atoms with Crippen molar-refractivity contribution in [2.24, 2.45) is 5.41 Å². The van der Waals surface area contributed by atoms with Crippen molar-refractivity contribution in [3.8, 4) is 6.07 Å². The molecule has 2 fully saturated rings. The number of hydrogen-bond acceptors (Lipinski definition) is 7. The Hall–Kier alpha value is -3.58. The van der Waals surface area contributed by atoms with Crippen LogP contribution in [-0.2, 0) is 17.8 Å². The molecular formula is C23H25N7O3. The van der Waals surface area contributed by atoms with Crippen LogP contribution >= 0.6 is 0 Å². The number of nitrogens with zero attached hydrogens (tertiary/aromatic N) is 4. The van der Waals surface area contributed by atoms with Crippen molar-refractivity contribution in [3.63, 3.8) is 0 Å². The molecule has 3 aliphatic rings. The zero-order chi connectivity index (χ0) is 23.5. The molecule has 1 spiro atoms. The van der Waals surface area contributed by atoms with Gasteiger partial charge in [0.2, 0.25) is 5.82 Å². The monoisotopic (exact) mass is 447 g/mol. The standard InChI is InChI=1S/C23H25N7O3/c1-22(2,3)9-14-12(11-30-6-4-23(5-7-30)20(32)28-21(33)29-23)8-13-16-17(14)25-15(10-24)26-18(16)27-19(13)31/h8H,4-7,9,11H2,1-3H3,(H,25,26,27,31)(H2,28,29,32,33). The van der Waals surface area contributed by atoms with Gasteiger partial charge in [-0.3, -0.25) is 19.8 Å². The molecule has 3 N–H and O–H groups in total. The average molecular weight is 447 g/mol. The largest absolute Gasteiger partial charge is 0.323 e. The SMILES string of the molecule is CC(C)(C)Cc1c(CN2CCC3(CC2)NC(=O)NC3=O)cc2c3c(nc(C#N)nc13)NC2=O. The number of likely N-dealkylation sites (tertiary alicyclic amines) is 1. The van der Waals surface area contributed by atoms with Gasteiger partial charge in [-0.05, 0) is 41.9 Å². The second kappa shape index (κ2) is 7.22. The maximum absolute atomic E-state index is 12.7. The molecule has 1 aromatic heterocycles. The van der Waals surface area contributed by atoms with Gasteiger partial charge in [0.05, 0.1) is 16.5 Å². The van der Waals surface area contributed by atoms with E-state index in [0.29, 0.717) is 61.2 Å². The van der Waals surface area contributed by atoms with Crippen molar-refractivity contribution in [1.82, 2.24) is 25.5 Å². The summed E-state index contributed by atoms with van der Waals surface area (Å²) in [4.78, 5) is 47.5. The minimum absolute atomic E-state index is 0.0286. The summed E-state index contributed by atoms with van der Waals surface area (Å²) in [7, 11) is 0. The van der Waals surface area contributed by atoms with E-state index in [4.69, 9.17) is 0 Å². The van der Waals surface area contributed by atoms with Gasteiger partial charge in [-0.1, -0.05) is 20.8 Å². The van der Waals surface area contributed by atoms with Gasteiger partial charge in [0, 0.05) is 19.6 Å². The number of aromatic nitrogens is 2. The molecule has 10 nitrogen and oxygen atoms in total. The molecule has 0 aliphatic carbocycles. The average Bonchev–Trinajstić information content (AvgIpc) is 3.20. The van der Waals surface area contributed by atoms with E-state index < -0.39 is 11.6 Å². The van der Waals surface area contributed by atoms with Crippen molar-refractivity contribution in [3.05, 3.63) is 28.6 Å². The molecule has 10 heteroatoms. The Labute approximate surface area is 190 Å². The van der Waals surface area contributed by atoms with Crippen molar-refractivity contribution in [2.45, 2.75) is 52.1 Å². The maximum atomic E-state index is 12.7. The van der Waals surface area contributed by atoms with Gasteiger partial charge in [0.25, 0.3) is 11.8 Å². The Bertz CT molecular complexity index is 1260. The van der Waals surface area contributed by atoms with Gasteiger partial charge in [-0.25, -0.2) is 14.8 Å². The third kappa shape index (κ3) is 3.58. The molecule has 170 valence electrons. The van der Waals surface area contributed by atoms with Gasteiger partial charge in [0.1, 0.15) is 17.4 Å². The van der Waals surface area contributed by atoms with Gasteiger partial charge < -0.3 is 10.6 Å². The van der Waals surface area contributed by atoms with Crippen LogP contribution in [0.15, 0.2) is 6.07 Å². The molecule has 0 saturated carbocycles. The normalized spacial score (nSPS) is 19.5. The molecule has 3 aliphatic heterocycles. The Kier molecular flexibility index (Phi) is 4.65. The summed E-state index contributed by atoms with van der Waals surface area (Å²) < 4.78 is 0. The van der Waals surface area contributed by atoms with Crippen molar-refractivity contribution < 1.29 is 14.4 Å². The number of hydrogen-bond donors (Lipinski definition) is 3. The lowest BCUT2D eigenvalue weighted by molar-refractivity contribution is -0.125. The molecule has 1 aromatic carbocycles. The number of piperidine rings is 1. The van der Waals surface area contributed by atoms with Crippen LogP contribution in [0.25, 0.3) is 10.9 Å². The molecule has 0 unspecified atom stereocenters. The molecule has 0 bridgehead atoms. The van der Waals surface area contributed by atoms with Crippen LogP contribution in [0.5, 0.6) is 0 Å². The summed E-state index contributed by atoms with van der Waals surface area (Å²) in [5.74, 6) is -0.0858. The number of carbonyl (C=O) groups is 3. The number of amides is 4. The number of imide groups is 1. The summed E-state index contributed by atoms with van der Waals surface area (Å²) in [6, 6.07) is 3.48. The molecule has 4 heterocycles. The molecule has 0 radical (unpaired) electrons. The highest BCUT2D eigenvalue weighted by molar-refractivity contribution is 6.23. The Morgan fingerprint density at radius 3 is 2.48 bits per heavy atom. The van der Waals surface area contributed by atoms with Gasteiger partial charge >= 0.3 is 6.03 Å². The predicted molar refractivity (Wildman–Crippen MR) is 119 cm³/mol. The third-order valence-electron chi connectivity index (χ3n) is 6.57. The van der Waals surface area contributed by atoms with Crippen LogP contribution < -0.4 is 16.0 Å². The molecular weight excluding hydrogens is 422 g/mol. The number of benzene rings is 1. The first-order valence-electron chi connectivity index (χ1n) is 11.0. The molecule has 4 amide bonds. The van der Waals surface area contributed by atoms with Gasteiger partial charge in [0.15, 0.2) is 0 Å². The van der Waals surface area contributed by atoms with Gasteiger partial charge in [-0.15, -0.1) is 0 Å². The predicted octanol–water partition coefficient (Wildman–Crippen LogP) is 1.83. The van der Waals surface area contributed by atoms with Crippen molar-refractivity contribution in [2.75, 3.05) is 18.4 Å². The van der Waals surface area contributed by atoms with E-state index in [0.717, 1.165) is 11.1 Å².